The summed E-state index contributed by atoms with van der Waals surface area (Å²) in [5, 5.41) is 29.5. The summed E-state index contributed by atoms with van der Waals surface area (Å²) < 4.78 is 5.58. The minimum Gasteiger partial charge on any atom is -0.481 e. The van der Waals surface area contributed by atoms with Gasteiger partial charge in [-0.15, -0.1) is 0 Å². The summed E-state index contributed by atoms with van der Waals surface area (Å²) in [5.41, 5.74) is 1.29. The minimum absolute atomic E-state index is 0.0417. The topological polar surface area (TPSA) is 87.0 Å². The number of rotatable bonds is 13. The molecule has 0 aromatic heterocycles. The maximum atomic E-state index is 10.5. The molecule has 3 N–H and O–H groups in total. The van der Waals surface area contributed by atoms with Crippen LogP contribution < -0.4 is 0 Å². The predicted molar refractivity (Wildman–Crippen MR) is 117 cm³/mol. The van der Waals surface area contributed by atoms with Crippen molar-refractivity contribution in [1.29, 1.82) is 0 Å². The van der Waals surface area contributed by atoms with E-state index in [1.54, 1.807) is 0 Å². The van der Waals surface area contributed by atoms with Gasteiger partial charge in [-0.2, -0.15) is 0 Å². The molecular formula is C23H35O5P. The number of aliphatic carboxylic acids is 1. The number of unbranched alkanes of at least 4 members (excludes halogenated alkanes) is 1. The van der Waals surface area contributed by atoms with Gasteiger partial charge in [-0.05, 0) is 68.8 Å². The van der Waals surface area contributed by atoms with Crippen LogP contribution in [0.3, 0.4) is 0 Å². The Morgan fingerprint density at radius 1 is 1.14 bits per heavy atom. The van der Waals surface area contributed by atoms with E-state index in [0.717, 1.165) is 32.1 Å². The molecule has 0 amide bonds. The van der Waals surface area contributed by atoms with E-state index in [1.165, 1.54) is 5.56 Å². The van der Waals surface area contributed by atoms with Gasteiger partial charge in [0.2, 0.25) is 0 Å². The van der Waals surface area contributed by atoms with Crippen molar-refractivity contribution in [2.24, 2.45) is 11.8 Å². The number of aliphatic hydroxyl groups excluding tert-OH is 2. The number of allylic oxidation sites excluding steroid dienone is 2. The van der Waals surface area contributed by atoms with Gasteiger partial charge in [-0.3, -0.25) is 4.79 Å². The van der Waals surface area contributed by atoms with Crippen LogP contribution in [-0.4, -0.2) is 39.6 Å². The highest BCUT2D eigenvalue weighted by molar-refractivity contribution is 7.09. The summed E-state index contributed by atoms with van der Waals surface area (Å²) in [6, 6.07) is 10.3. The van der Waals surface area contributed by atoms with Crippen LogP contribution in [0.15, 0.2) is 42.5 Å². The zero-order valence-corrected chi connectivity index (χ0v) is 18.2. The number of hydrogen-bond acceptors (Lipinski definition) is 4. The van der Waals surface area contributed by atoms with Gasteiger partial charge in [0.05, 0.1) is 18.3 Å². The highest BCUT2D eigenvalue weighted by atomic mass is 31.0. The molecule has 5 nitrogen and oxygen atoms in total. The molecule has 6 unspecified atom stereocenters. The molecule has 0 aliphatic heterocycles. The lowest BCUT2D eigenvalue weighted by Crippen LogP contribution is -2.23. The van der Waals surface area contributed by atoms with E-state index in [-0.39, 0.29) is 24.4 Å². The Labute approximate surface area is 176 Å². The standard InChI is InChI=1S/C23H35O5P/c24-21-16-22(25)20(19(21)10-6-1-2-7-11-23(26)27)15-14-18(28-29)13-12-17-8-4-3-5-9-17/h1,3-6,8-9,18-22,24-25H,2,7,10-16,29H2,(H,26,27)/b6-1+. The number of aliphatic hydroxyl groups is 2. The van der Waals surface area contributed by atoms with Crippen molar-refractivity contribution in [2.75, 3.05) is 0 Å². The largest absolute Gasteiger partial charge is 0.481 e. The second-order valence-corrected chi connectivity index (χ2v) is 8.32. The Morgan fingerprint density at radius 3 is 2.55 bits per heavy atom. The number of carbonyl (C=O) groups is 1. The Bertz CT molecular complexity index is 621. The van der Waals surface area contributed by atoms with Gasteiger partial charge in [-0.1, -0.05) is 42.5 Å². The zero-order valence-electron chi connectivity index (χ0n) is 17.0. The third-order valence-corrected chi connectivity index (χ3v) is 6.35. The monoisotopic (exact) mass is 422 g/mol. The van der Waals surface area contributed by atoms with Crippen LogP contribution in [0.2, 0.25) is 0 Å². The summed E-state index contributed by atoms with van der Waals surface area (Å²) in [7, 11) is 2.37. The Kier molecular flexibility index (Phi) is 10.9. The highest BCUT2D eigenvalue weighted by Gasteiger charge is 2.40. The lowest BCUT2D eigenvalue weighted by Gasteiger charge is -2.24. The zero-order chi connectivity index (χ0) is 21.1. The Hall–Kier alpha value is -1.26. The van der Waals surface area contributed by atoms with Crippen LogP contribution in [0.1, 0.15) is 56.9 Å². The van der Waals surface area contributed by atoms with Crippen molar-refractivity contribution in [1.82, 2.24) is 0 Å². The van der Waals surface area contributed by atoms with Crippen LogP contribution in [0.4, 0.5) is 0 Å². The lowest BCUT2D eigenvalue weighted by molar-refractivity contribution is -0.137. The van der Waals surface area contributed by atoms with E-state index >= 15 is 0 Å². The molecule has 0 saturated heterocycles. The van der Waals surface area contributed by atoms with E-state index in [4.69, 9.17) is 9.63 Å². The molecular weight excluding hydrogens is 387 g/mol. The molecule has 1 saturated carbocycles. The lowest BCUT2D eigenvalue weighted by atomic mass is 9.85. The van der Waals surface area contributed by atoms with Crippen molar-refractivity contribution in [3.05, 3.63) is 48.0 Å². The molecule has 1 aliphatic rings. The molecule has 0 spiro atoms. The second-order valence-electron chi connectivity index (χ2n) is 8.05. The quantitative estimate of drug-likeness (QED) is 0.253. The third kappa shape index (κ3) is 8.55. The maximum absolute atomic E-state index is 10.5. The summed E-state index contributed by atoms with van der Waals surface area (Å²) >= 11 is 0. The fraction of sp³-hybridized carbons (Fsp3) is 0.609. The number of carboxylic acids is 1. The summed E-state index contributed by atoms with van der Waals surface area (Å²) in [6.45, 7) is 0. The van der Waals surface area contributed by atoms with Gasteiger partial charge in [0.1, 0.15) is 0 Å². The number of aryl methyl sites for hydroxylation is 1. The fourth-order valence-corrected chi connectivity index (χ4v) is 4.55. The maximum Gasteiger partial charge on any atom is 0.303 e. The molecule has 6 heteroatoms. The molecule has 0 radical (unpaired) electrons. The second kappa shape index (κ2) is 13.1. The van der Waals surface area contributed by atoms with E-state index in [0.29, 0.717) is 19.3 Å². The Balaban J connectivity index is 1.79. The third-order valence-electron chi connectivity index (χ3n) is 5.97. The summed E-state index contributed by atoms with van der Waals surface area (Å²) in [6.07, 6.45) is 9.39. The molecule has 1 aliphatic carbocycles. The molecule has 1 aromatic rings. The molecule has 1 fully saturated rings. The van der Waals surface area contributed by atoms with Gasteiger partial charge in [0.25, 0.3) is 0 Å². The van der Waals surface area contributed by atoms with Crippen molar-refractivity contribution in [2.45, 2.75) is 76.1 Å². The van der Waals surface area contributed by atoms with E-state index in [2.05, 4.69) is 21.6 Å². The molecule has 2 rings (SSSR count). The van der Waals surface area contributed by atoms with E-state index < -0.39 is 18.2 Å². The number of carboxylic acid groups (broad SMARTS) is 1. The molecule has 162 valence electrons. The van der Waals surface area contributed by atoms with E-state index in [9.17, 15) is 15.0 Å². The van der Waals surface area contributed by atoms with Crippen LogP contribution in [0.5, 0.6) is 0 Å². The fourth-order valence-electron chi connectivity index (χ4n) is 4.28. The van der Waals surface area contributed by atoms with Gasteiger partial charge in [0, 0.05) is 15.9 Å². The predicted octanol–water partition coefficient (Wildman–Crippen LogP) is 4.13. The number of benzene rings is 1. The summed E-state index contributed by atoms with van der Waals surface area (Å²) in [5.74, 6) is -0.668. The highest BCUT2D eigenvalue weighted by Crippen LogP contribution is 2.39. The van der Waals surface area contributed by atoms with Crippen LogP contribution in [-0.2, 0) is 15.7 Å². The molecule has 29 heavy (non-hydrogen) atoms. The average molecular weight is 423 g/mol. The minimum atomic E-state index is -0.772. The van der Waals surface area contributed by atoms with Crippen molar-refractivity contribution in [3.8, 4) is 0 Å². The molecule has 0 heterocycles. The van der Waals surface area contributed by atoms with Gasteiger partial charge in [0.15, 0.2) is 0 Å². The number of hydrogen-bond donors (Lipinski definition) is 3. The van der Waals surface area contributed by atoms with Crippen molar-refractivity contribution >= 4 is 15.4 Å². The van der Waals surface area contributed by atoms with Crippen LogP contribution in [0, 0.1) is 11.8 Å². The summed E-state index contributed by atoms with van der Waals surface area (Å²) in [4.78, 5) is 10.5. The molecule has 0 bridgehead atoms. The molecule has 1 aromatic carbocycles. The van der Waals surface area contributed by atoms with Gasteiger partial charge < -0.3 is 19.8 Å². The SMILES string of the molecule is O=C(O)CCC/C=C/CC1C(O)CC(O)C1CCC(CCc1ccccc1)OP. The normalized spacial score (nSPS) is 25.5. The first-order chi connectivity index (χ1) is 14.0. The Morgan fingerprint density at radius 2 is 1.86 bits per heavy atom. The molecule has 6 atom stereocenters. The first kappa shape index (κ1) is 24.0. The van der Waals surface area contributed by atoms with E-state index in [1.807, 2.05) is 30.4 Å². The van der Waals surface area contributed by atoms with Gasteiger partial charge in [-0.25, -0.2) is 0 Å². The first-order valence-electron chi connectivity index (χ1n) is 10.6. The first-order valence-corrected chi connectivity index (χ1v) is 11.1. The van der Waals surface area contributed by atoms with Crippen LogP contribution in [0.25, 0.3) is 0 Å². The van der Waals surface area contributed by atoms with Crippen molar-refractivity contribution < 1.29 is 24.6 Å². The van der Waals surface area contributed by atoms with Crippen molar-refractivity contribution in [3.63, 3.8) is 0 Å². The average Bonchev–Trinajstić information content (AvgIpc) is 2.98. The smallest absolute Gasteiger partial charge is 0.303 e. The van der Waals surface area contributed by atoms with Gasteiger partial charge >= 0.3 is 5.97 Å². The van der Waals surface area contributed by atoms with Crippen LogP contribution >= 0.6 is 9.47 Å².